The van der Waals surface area contributed by atoms with E-state index in [1.807, 2.05) is 0 Å². The summed E-state index contributed by atoms with van der Waals surface area (Å²) in [7, 11) is 0. The Balaban J connectivity index is 2.41. The molecule has 0 spiro atoms. The fourth-order valence-electron chi connectivity index (χ4n) is 0.810. The highest BCUT2D eigenvalue weighted by atomic mass is 16.3. The summed E-state index contributed by atoms with van der Waals surface area (Å²) < 4.78 is 0. The van der Waals surface area contributed by atoms with Crippen LogP contribution in [0.2, 0.25) is 0 Å². The first kappa shape index (κ1) is 5.56. The number of amidine groups is 1. The van der Waals surface area contributed by atoms with Crippen LogP contribution in [-0.4, -0.2) is 23.6 Å². The van der Waals surface area contributed by atoms with Gasteiger partial charge in [-0.1, -0.05) is 0 Å². The molecule has 0 aliphatic carbocycles. The van der Waals surface area contributed by atoms with Crippen molar-refractivity contribution in [3.8, 4) is 0 Å². The van der Waals surface area contributed by atoms with Crippen LogP contribution in [0, 0.1) is 0 Å². The van der Waals surface area contributed by atoms with E-state index in [9.17, 15) is 0 Å². The molecule has 0 aromatic carbocycles. The predicted octanol–water partition coefficient (Wildman–Crippen LogP) is -0.502. The SMILES string of the molecule is NC1=N[C@@H](CO)CC1. The van der Waals surface area contributed by atoms with Crippen molar-refractivity contribution in [1.82, 2.24) is 0 Å². The molecule has 0 aromatic rings. The zero-order valence-electron chi connectivity index (χ0n) is 4.67. The molecule has 0 radical (unpaired) electrons. The second kappa shape index (κ2) is 2.13. The van der Waals surface area contributed by atoms with Crippen molar-refractivity contribution in [2.24, 2.45) is 10.7 Å². The van der Waals surface area contributed by atoms with E-state index in [1.54, 1.807) is 0 Å². The van der Waals surface area contributed by atoms with Crippen LogP contribution in [0.5, 0.6) is 0 Å². The molecular formula is C5H10N2O. The maximum absolute atomic E-state index is 8.52. The van der Waals surface area contributed by atoms with Gasteiger partial charge in [0.2, 0.25) is 0 Å². The maximum atomic E-state index is 8.52. The molecule has 0 fully saturated rings. The molecular weight excluding hydrogens is 104 g/mol. The fraction of sp³-hybridized carbons (Fsp3) is 0.800. The first-order chi connectivity index (χ1) is 3.83. The van der Waals surface area contributed by atoms with Crippen molar-refractivity contribution in [2.45, 2.75) is 18.9 Å². The number of hydrogen-bond acceptors (Lipinski definition) is 3. The molecule has 0 bridgehead atoms. The minimum absolute atomic E-state index is 0.0926. The zero-order valence-corrected chi connectivity index (χ0v) is 4.67. The number of rotatable bonds is 1. The van der Waals surface area contributed by atoms with Gasteiger partial charge in [0.05, 0.1) is 18.5 Å². The molecule has 1 atom stereocenters. The van der Waals surface area contributed by atoms with Gasteiger partial charge >= 0.3 is 0 Å². The topological polar surface area (TPSA) is 58.6 Å². The normalized spacial score (nSPS) is 28.1. The van der Waals surface area contributed by atoms with Crippen molar-refractivity contribution in [3.05, 3.63) is 0 Å². The highest BCUT2D eigenvalue weighted by Crippen LogP contribution is 2.08. The van der Waals surface area contributed by atoms with Gasteiger partial charge in [0.1, 0.15) is 0 Å². The van der Waals surface area contributed by atoms with Crippen molar-refractivity contribution in [1.29, 1.82) is 0 Å². The molecule has 1 heterocycles. The van der Waals surface area contributed by atoms with Crippen molar-refractivity contribution < 1.29 is 5.11 Å². The molecule has 3 heteroatoms. The summed E-state index contributed by atoms with van der Waals surface area (Å²) in [6.07, 6.45) is 1.77. The first-order valence-electron chi connectivity index (χ1n) is 2.76. The molecule has 0 saturated heterocycles. The molecule has 8 heavy (non-hydrogen) atoms. The van der Waals surface area contributed by atoms with Crippen molar-refractivity contribution in [2.75, 3.05) is 6.61 Å². The van der Waals surface area contributed by atoms with E-state index in [0.29, 0.717) is 5.84 Å². The van der Waals surface area contributed by atoms with Gasteiger partial charge < -0.3 is 10.8 Å². The van der Waals surface area contributed by atoms with E-state index in [4.69, 9.17) is 10.8 Å². The average Bonchev–Trinajstić information content (AvgIpc) is 2.14. The molecule has 1 aliphatic rings. The molecule has 46 valence electrons. The Morgan fingerprint density at radius 2 is 2.62 bits per heavy atom. The number of aliphatic hydroxyl groups excluding tert-OH is 1. The van der Waals surface area contributed by atoms with Gasteiger partial charge in [-0.15, -0.1) is 0 Å². The number of nitrogens with zero attached hydrogens (tertiary/aromatic N) is 1. The lowest BCUT2D eigenvalue weighted by molar-refractivity contribution is 0.267. The number of nitrogens with two attached hydrogens (primary N) is 1. The smallest absolute Gasteiger partial charge is 0.0942 e. The largest absolute Gasteiger partial charge is 0.394 e. The first-order valence-corrected chi connectivity index (χ1v) is 2.76. The number of hydrogen-bond donors (Lipinski definition) is 2. The lowest BCUT2D eigenvalue weighted by Crippen LogP contribution is -2.07. The standard InChI is InChI=1S/C5H10N2O/c6-5-2-1-4(3-8)7-5/h4,8H,1-3H2,(H2,6,7)/t4-/m1/s1. The predicted molar refractivity (Wildman–Crippen MR) is 31.7 cm³/mol. The van der Waals surface area contributed by atoms with Gasteiger partial charge in [-0.3, -0.25) is 4.99 Å². The second-order valence-corrected chi connectivity index (χ2v) is 2.00. The third-order valence-corrected chi connectivity index (χ3v) is 1.29. The number of aliphatic hydroxyl groups is 1. The van der Waals surface area contributed by atoms with E-state index >= 15 is 0 Å². The molecule has 1 aliphatic heterocycles. The highest BCUT2D eigenvalue weighted by molar-refractivity contribution is 5.82. The van der Waals surface area contributed by atoms with Gasteiger partial charge in [-0.2, -0.15) is 0 Å². The molecule has 1 rings (SSSR count). The quantitative estimate of drug-likeness (QED) is 0.482. The summed E-state index contributed by atoms with van der Waals surface area (Å²) in [4.78, 5) is 3.95. The van der Waals surface area contributed by atoms with Gasteiger partial charge in [0.15, 0.2) is 0 Å². The summed E-state index contributed by atoms with van der Waals surface area (Å²) in [6, 6.07) is 0.0926. The fourth-order valence-corrected chi connectivity index (χ4v) is 0.810. The van der Waals surface area contributed by atoms with E-state index < -0.39 is 0 Å². The van der Waals surface area contributed by atoms with Crippen molar-refractivity contribution in [3.63, 3.8) is 0 Å². The van der Waals surface area contributed by atoms with Gasteiger partial charge in [0.25, 0.3) is 0 Å². The summed E-state index contributed by atoms with van der Waals surface area (Å²) in [5.41, 5.74) is 5.34. The van der Waals surface area contributed by atoms with Crippen LogP contribution in [0.25, 0.3) is 0 Å². The molecule has 0 amide bonds. The highest BCUT2D eigenvalue weighted by Gasteiger charge is 2.12. The lowest BCUT2D eigenvalue weighted by Gasteiger charge is -1.95. The monoisotopic (exact) mass is 114 g/mol. The van der Waals surface area contributed by atoms with E-state index in [2.05, 4.69) is 4.99 Å². The second-order valence-electron chi connectivity index (χ2n) is 2.00. The Morgan fingerprint density at radius 3 is 2.88 bits per heavy atom. The number of aliphatic imine (C=N–C) groups is 1. The third-order valence-electron chi connectivity index (χ3n) is 1.29. The summed E-state index contributed by atoms with van der Waals surface area (Å²) in [6.45, 7) is 0.140. The van der Waals surface area contributed by atoms with Crippen molar-refractivity contribution >= 4 is 5.84 Å². The van der Waals surface area contributed by atoms with E-state index in [-0.39, 0.29) is 12.6 Å². The summed E-state index contributed by atoms with van der Waals surface area (Å²) in [5.74, 6) is 0.684. The Hall–Kier alpha value is -0.570. The van der Waals surface area contributed by atoms with Crippen LogP contribution in [0.15, 0.2) is 4.99 Å². The van der Waals surface area contributed by atoms with E-state index in [0.717, 1.165) is 12.8 Å². The molecule has 3 N–H and O–H groups in total. The Bertz CT molecular complexity index is 111. The van der Waals surface area contributed by atoms with E-state index in [1.165, 1.54) is 0 Å². The van der Waals surface area contributed by atoms with Crippen LogP contribution in [-0.2, 0) is 0 Å². The molecule has 3 nitrogen and oxygen atoms in total. The molecule has 0 saturated carbocycles. The molecule has 0 unspecified atom stereocenters. The van der Waals surface area contributed by atoms with Gasteiger partial charge in [0, 0.05) is 6.42 Å². The van der Waals surface area contributed by atoms with Crippen LogP contribution in [0.3, 0.4) is 0 Å². The summed E-state index contributed by atoms with van der Waals surface area (Å²) >= 11 is 0. The lowest BCUT2D eigenvalue weighted by atomic mass is 10.2. The van der Waals surface area contributed by atoms with Gasteiger partial charge in [-0.25, -0.2) is 0 Å². The minimum atomic E-state index is 0.0926. The zero-order chi connectivity index (χ0) is 5.98. The third kappa shape index (κ3) is 0.980. The minimum Gasteiger partial charge on any atom is -0.394 e. The van der Waals surface area contributed by atoms with Crippen LogP contribution >= 0.6 is 0 Å². The molecule has 0 aromatic heterocycles. The summed E-state index contributed by atoms with van der Waals surface area (Å²) in [5, 5.41) is 8.52. The maximum Gasteiger partial charge on any atom is 0.0942 e. The Labute approximate surface area is 48.2 Å². The van der Waals surface area contributed by atoms with Gasteiger partial charge in [-0.05, 0) is 6.42 Å². The van der Waals surface area contributed by atoms with Crippen LogP contribution in [0.1, 0.15) is 12.8 Å². The average molecular weight is 114 g/mol. The Kier molecular flexibility index (Phi) is 1.48. The Morgan fingerprint density at radius 1 is 1.88 bits per heavy atom. The van der Waals surface area contributed by atoms with Crippen LogP contribution in [0.4, 0.5) is 0 Å². The van der Waals surface area contributed by atoms with Crippen LogP contribution < -0.4 is 5.73 Å².